The molecular formula is C11H14FNOS. The maximum Gasteiger partial charge on any atom is 0.230 e. The molecule has 0 saturated heterocycles. The zero-order valence-electron chi connectivity index (χ0n) is 8.74. The van der Waals surface area contributed by atoms with Gasteiger partial charge < -0.3 is 5.73 Å². The van der Waals surface area contributed by atoms with E-state index in [-0.39, 0.29) is 22.2 Å². The van der Waals surface area contributed by atoms with Gasteiger partial charge in [-0.15, -0.1) is 11.8 Å². The van der Waals surface area contributed by atoms with Crippen LogP contribution < -0.4 is 5.73 Å². The first-order valence-corrected chi connectivity index (χ1v) is 5.65. The highest BCUT2D eigenvalue weighted by atomic mass is 32.2. The molecule has 0 aliphatic carbocycles. The second-order valence-electron chi connectivity index (χ2n) is 3.37. The van der Waals surface area contributed by atoms with Crippen molar-refractivity contribution < 1.29 is 9.18 Å². The second kappa shape index (κ2) is 5.16. The molecule has 82 valence electrons. The molecule has 0 saturated carbocycles. The molecule has 0 spiro atoms. The summed E-state index contributed by atoms with van der Waals surface area (Å²) in [5, 5.41) is -0.0989. The van der Waals surface area contributed by atoms with Crippen LogP contribution in [-0.2, 0) is 4.79 Å². The van der Waals surface area contributed by atoms with E-state index in [0.29, 0.717) is 0 Å². The molecule has 0 aliphatic heterocycles. The van der Waals surface area contributed by atoms with E-state index in [9.17, 15) is 9.18 Å². The lowest BCUT2D eigenvalue weighted by Crippen LogP contribution is -2.23. The Morgan fingerprint density at radius 2 is 1.87 bits per heavy atom. The standard InChI is InChI=1S/C11H14FNOS/c1-7(15-8(2)11(13)14)9-3-5-10(12)6-4-9/h3-8H,1-2H3,(H2,13,14)/t7-,8-/m0/s1. The largest absolute Gasteiger partial charge is 0.369 e. The van der Waals surface area contributed by atoms with Gasteiger partial charge in [0.25, 0.3) is 0 Å². The first kappa shape index (κ1) is 12.0. The molecule has 0 aromatic heterocycles. The minimum Gasteiger partial charge on any atom is -0.369 e. The van der Waals surface area contributed by atoms with Crippen molar-refractivity contribution >= 4 is 17.7 Å². The highest BCUT2D eigenvalue weighted by molar-refractivity contribution is 8.00. The quantitative estimate of drug-likeness (QED) is 0.858. The Balaban J connectivity index is 2.64. The zero-order chi connectivity index (χ0) is 11.4. The maximum atomic E-state index is 12.7. The van der Waals surface area contributed by atoms with Crippen LogP contribution in [0.25, 0.3) is 0 Å². The molecule has 4 heteroatoms. The summed E-state index contributed by atoms with van der Waals surface area (Å²) in [5.41, 5.74) is 6.16. The summed E-state index contributed by atoms with van der Waals surface area (Å²) in [6, 6.07) is 6.28. The fraction of sp³-hybridized carbons (Fsp3) is 0.364. The molecule has 0 radical (unpaired) electrons. The molecule has 2 N–H and O–H groups in total. The van der Waals surface area contributed by atoms with Crippen molar-refractivity contribution in [3.05, 3.63) is 35.6 Å². The molecular weight excluding hydrogens is 213 g/mol. The molecule has 0 bridgehead atoms. The molecule has 2 atom stereocenters. The number of rotatable bonds is 4. The summed E-state index contributed by atoms with van der Waals surface area (Å²) in [5.74, 6) is -0.576. The number of carbonyl (C=O) groups excluding carboxylic acids is 1. The number of thioether (sulfide) groups is 1. The molecule has 2 nitrogen and oxygen atoms in total. The molecule has 1 rings (SSSR count). The van der Waals surface area contributed by atoms with Gasteiger partial charge in [-0.3, -0.25) is 4.79 Å². The van der Waals surface area contributed by atoms with Crippen molar-refractivity contribution in [3.63, 3.8) is 0 Å². The first-order valence-electron chi connectivity index (χ1n) is 4.71. The number of primary amides is 1. The number of amides is 1. The van der Waals surface area contributed by atoms with Crippen LogP contribution >= 0.6 is 11.8 Å². The Morgan fingerprint density at radius 1 is 1.33 bits per heavy atom. The summed E-state index contributed by atoms with van der Waals surface area (Å²) in [6.07, 6.45) is 0. The highest BCUT2D eigenvalue weighted by Gasteiger charge is 2.15. The van der Waals surface area contributed by atoms with E-state index in [2.05, 4.69) is 0 Å². The number of carbonyl (C=O) groups is 1. The highest BCUT2D eigenvalue weighted by Crippen LogP contribution is 2.31. The Morgan fingerprint density at radius 3 is 2.33 bits per heavy atom. The Bertz CT molecular complexity index is 339. The van der Waals surface area contributed by atoms with Crippen LogP contribution in [-0.4, -0.2) is 11.2 Å². The summed E-state index contributed by atoms with van der Waals surface area (Å²) in [7, 11) is 0. The topological polar surface area (TPSA) is 43.1 Å². The van der Waals surface area contributed by atoms with Crippen molar-refractivity contribution in [1.29, 1.82) is 0 Å². The average Bonchev–Trinajstić information content (AvgIpc) is 2.18. The number of benzene rings is 1. The van der Waals surface area contributed by atoms with E-state index in [1.807, 2.05) is 6.92 Å². The van der Waals surface area contributed by atoms with E-state index < -0.39 is 0 Å². The fourth-order valence-corrected chi connectivity index (χ4v) is 2.25. The molecule has 1 aromatic carbocycles. The van der Waals surface area contributed by atoms with Gasteiger partial charge in [0.15, 0.2) is 0 Å². The Kier molecular flexibility index (Phi) is 4.15. The lowest BCUT2D eigenvalue weighted by molar-refractivity contribution is -0.117. The number of hydrogen-bond acceptors (Lipinski definition) is 2. The van der Waals surface area contributed by atoms with Crippen molar-refractivity contribution in [2.75, 3.05) is 0 Å². The van der Waals surface area contributed by atoms with Crippen LogP contribution in [0.3, 0.4) is 0 Å². The summed E-state index contributed by atoms with van der Waals surface area (Å²) in [6.45, 7) is 3.74. The molecule has 0 aliphatic rings. The van der Waals surface area contributed by atoms with Gasteiger partial charge in [-0.25, -0.2) is 4.39 Å². The Labute approximate surface area is 93.0 Å². The number of hydrogen-bond donors (Lipinski definition) is 1. The van der Waals surface area contributed by atoms with Gasteiger partial charge in [-0.2, -0.15) is 0 Å². The Hall–Kier alpha value is -1.03. The third-order valence-corrected chi connectivity index (χ3v) is 3.47. The molecule has 0 fully saturated rings. The summed E-state index contributed by atoms with van der Waals surface area (Å²) >= 11 is 1.47. The zero-order valence-corrected chi connectivity index (χ0v) is 9.55. The van der Waals surface area contributed by atoms with Gasteiger partial charge in [-0.05, 0) is 31.5 Å². The van der Waals surface area contributed by atoms with Crippen LogP contribution in [0.4, 0.5) is 4.39 Å². The smallest absolute Gasteiger partial charge is 0.230 e. The van der Waals surface area contributed by atoms with Crippen LogP contribution in [0.1, 0.15) is 24.7 Å². The average molecular weight is 227 g/mol. The lowest BCUT2D eigenvalue weighted by atomic mass is 10.2. The normalized spacial score (nSPS) is 14.6. The maximum absolute atomic E-state index is 12.7. The van der Waals surface area contributed by atoms with Crippen molar-refractivity contribution in [2.45, 2.75) is 24.3 Å². The number of nitrogens with two attached hydrogens (primary N) is 1. The van der Waals surface area contributed by atoms with Crippen molar-refractivity contribution in [1.82, 2.24) is 0 Å². The van der Waals surface area contributed by atoms with Crippen molar-refractivity contribution in [3.8, 4) is 0 Å². The van der Waals surface area contributed by atoms with Gasteiger partial charge in [0.05, 0.1) is 5.25 Å². The van der Waals surface area contributed by atoms with Crippen molar-refractivity contribution in [2.24, 2.45) is 5.73 Å². The summed E-state index contributed by atoms with van der Waals surface area (Å²) < 4.78 is 12.7. The van der Waals surface area contributed by atoms with Gasteiger partial charge >= 0.3 is 0 Å². The lowest BCUT2D eigenvalue weighted by Gasteiger charge is -2.14. The predicted molar refractivity (Wildman–Crippen MR) is 61.1 cm³/mol. The third-order valence-electron chi connectivity index (χ3n) is 2.15. The first-order chi connectivity index (χ1) is 7.00. The SMILES string of the molecule is C[C@H](S[C@@H](C)c1ccc(F)cc1)C(N)=O. The van der Waals surface area contributed by atoms with E-state index in [4.69, 9.17) is 5.73 Å². The van der Waals surface area contributed by atoms with Crippen LogP contribution in [0, 0.1) is 5.82 Å². The van der Waals surface area contributed by atoms with Crippen LogP contribution in [0.15, 0.2) is 24.3 Å². The van der Waals surface area contributed by atoms with Crippen LogP contribution in [0.2, 0.25) is 0 Å². The molecule has 0 heterocycles. The van der Waals surface area contributed by atoms with E-state index in [0.717, 1.165) is 5.56 Å². The minimum absolute atomic E-state index is 0.132. The van der Waals surface area contributed by atoms with Crippen LogP contribution in [0.5, 0.6) is 0 Å². The van der Waals surface area contributed by atoms with E-state index >= 15 is 0 Å². The van der Waals surface area contributed by atoms with Gasteiger partial charge in [0, 0.05) is 5.25 Å². The molecule has 1 amide bonds. The molecule has 0 unspecified atom stereocenters. The third kappa shape index (κ3) is 3.55. The van der Waals surface area contributed by atoms with Gasteiger partial charge in [0.2, 0.25) is 5.91 Å². The number of halogens is 1. The molecule has 1 aromatic rings. The minimum atomic E-state index is -0.325. The monoisotopic (exact) mass is 227 g/mol. The fourth-order valence-electron chi connectivity index (χ4n) is 1.19. The molecule has 15 heavy (non-hydrogen) atoms. The van der Waals surface area contributed by atoms with Gasteiger partial charge in [-0.1, -0.05) is 12.1 Å². The second-order valence-corrected chi connectivity index (χ2v) is 5.06. The summed E-state index contributed by atoms with van der Waals surface area (Å²) in [4.78, 5) is 10.9. The predicted octanol–water partition coefficient (Wildman–Crippen LogP) is 2.49. The van der Waals surface area contributed by atoms with E-state index in [1.54, 1.807) is 19.1 Å². The van der Waals surface area contributed by atoms with Gasteiger partial charge in [0.1, 0.15) is 5.82 Å². The van der Waals surface area contributed by atoms with E-state index in [1.165, 1.54) is 23.9 Å².